The van der Waals surface area contributed by atoms with Crippen molar-refractivity contribution in [2.45, 2.75) is 25.7 Å². The van der Waals surface area contributed by atoms with E-state index in [1.807, 2.05) is 17.0 Å². The topological polar surface area (TPSA) is 46.3 Å². The van der Waals surface area contributed by atoms with Crippen molar-refractivity contribution in [2.75, 3.05) is 17.2 Å². The van der Waals surface area contributed by atoms with Crippen LogP contribution in [0.3, 0.4) is 0 Å². The molecule has 3 rings (SSSR count). The summed E-state index contributed by atoms with van der Waals surface area (Å²) in [7, 11) is 0. The van der Waals surface area contributed by atoms with Gasteiger partial charge in [-0.15, -0.1) is 0 Å². The monoisotopic (exact) mass is 216 g/mol. The van der Waals surface area contributed by atoms with E-state index in [-0.39, 0.29) is 11.8 Å². The first kappa shape index (κ1) is 9.70. The lowest BCUT2D eigenvalue weighted by Gasteiger charge is -2.30. The van der Waals surface area contributed by atoms with Crippen LogP contribution in [0.1, 0.15) is 24.8 Å². The Morgan fingerprint density at radius 1 is 1.38 bits per heavy atom. The molecule has 0 saturated heterocycles. The van der Waals surface area contributed by atoms with Gasteiger partial charge in [0.2, 0.25) is 5.91 Å². The lowest BCUT2D eigenvalue weighted by Crippen LogP contribution is -2.37. The lowest BCUT2D eigenvalue weighted by molar-refractivity contribution is -0.119. The highest BCUT2D eigenvalue weighted by Gasteiger charge is 2.36. The fourth-order valence-corrected chi connectivity index (χ4v) is 2.45. The maximum Gasteiger partial charge on any atom is 0.230 e. The second kappa shape index (κ2) is 3.51. The highest BCUT2D eigenvalue weighted by atomic mass is 16.2. The van der Waals surface area contributed by atoms with Crippen LogP contribution < -0.4 is 10.6 Å². The number of rotatable bonds is 1. The zero-order valence-corrected chi connectivity index (χ0v) is 9.28. The van der Waals surface area contributed by atoms with Crippen molar-refractivity contribution >= 4 is 17.3 Å². The molecule has 0 spiro atoms. The zero-order chi connectivity index (χ0) is 11.1. The van der Waals surface area contributed by atoms with Gasteiger partial charge in [0, 0.05) is 12.5 Å². The summed E-state index contributed by atoms with van der Waals surface area (Å²) in [5.41, 5.74) is 8.94. The van der Waals surface area contributed by atoms with E-state index in [1.54, 1.807) is 0 Å². The zero-order valence-electron chi connectivity index (χ0n) is 9.28. The van der Waals surface area contributed by atoms with Crippen molar-refractivity contribution in [3.63, 3.8) is 0 Å². The standard InChI is InChI=1S/C13H16N2O/c14-11-5-1-3-9-4-2-8-15(12(9)11)13(16)10-6-7-10/h1,3,5,10H,2,4,6-8,14H2. The van der Waals surface area contributed by atoms with Crippen molar-refractivity contribution < 1.29 is 4.79 Å². The second-order valence-electron chi connectivity index (χ2n) is 4.72. The molecular formula is C13H16N2O. The summed E-state index contributed by atoms with van der Waals surface area (Å²) in [6.45, 7) is 0.830. The van der Waals surface area contributed by atoms with Crippen molar-refractivity contribution in [2.24, 2.45) is 5.92 Å². The summed E-state index contributed by atoms with van der Waals surface area (Å²) >= 11 is 0. The summed E-state index contributed by atoms with van der Waals surface area (Å²) in [5.74, 6) is 0.546. The minimum Gasteiger partial charge on any atom is -0.397 e. The van der Waals surface area contributed by atoms with Crippen LogP contribution in [-0.4, -0.2) is 12.5 Å². The Hall–Kier alpha value is -1.51. The SMILES string of the molecule is Nc1cccc2c1N(C(=O)C1CC1)CCC2. The third kappa shape index (κ3) is 1.47. The first-order valence-electron chi connectivity index (χ1n) is 5.96. The summed E-state index contributed by atoms with van der Waals surface area (Å²) in [6.07, 6.45) is 4.19. The number of hydrogen-bond acceptors (Lipinski definition) is 2. The Bertz CT molecular complexity index is 438. The highest BCUT2D eigenvalue weighted by Crippen LogP contribution is 2.38. The molecule has 1 fully saturated rings. The van der Waals surface area contributed by atoms with E-state index in [9.17, 15) is 4.79 Å². The highest BCUT2D eigenvalue weighted by molar-refractivity contribution is 6.00. The first-order chi connectivity index (χ1) is 7.77. The number of nitrogens with zero attached hydrogens (tertiary/aromatic N) is 1. The van der Waals surface area contributed by atoms with Crippen LogP contribution in [0.4, 0.5) is 11.4 Å². The molecule has 2 aliphatic rings. The number of aryl methyl sites for hydroxylation is 1. The Kier molecular flexibility index (Phi) is 2.13. The molecule has 0 aromatic heterocycles. The molecular weight excluding hydrogens is 200 g/mol. The molecule has 84 valence electrons. The predicted molar refractivity (Wildman–Crippen MR) is 64.3 cm³/mol. The number of para-hydroxylation sites is 1. The third-order valence-electron chi connectivity index (χ3n) is 3.44. The fraction of sp³-hybridized carbons (Fsp3) is 0.462. The van der Waals surface area contributed by atoms with Crippen LogP contribution >= 0.6 is 0 Å². The van der Waals surface area contributed by atoms with E-state index >= 15 is 0 Å². The maximum atomic E-state index is 12.1. The van der Waals surface area contributed by atoms with Gasteiger partial charge in [0.05, 0.1) is 11.4 Å². The van der Waals surface area contributed by atoms with Gasteiger partial charge in [0.1, 0.15) is 0 Å². The van der Waals surface area contributed by atoms with Crippen molar-refractivity contribution in [3.8, 4) is 0 Å². The maximum absolute atomic E-state index is 12.1. The van der Waals surface area contributed by atoms with Crippen molar-refractivity contribution in [1.82, 2.24) is 0 Å². The summed E-state index contributed by atoms with van der Waals surface area (Å²) in [6, 6.07) is 5.94. The summed E-state index contributed by atoms with van der Waals surface area (Å²) in [5, 5.41) is 0. The van der Waals surface area contributed by atoms with Crippen LogP contribution in [0.25, 0.3) is 0 Å². The van der Waals surface area contributed by atoms with Crippen molar-refractivity contribution in [1.29, 1.82) is 0 Å². The van der Waals surface area contributed by atoms with Gasteiger partial charge >= 0.3 is 0 Å². The molecule has 1 aliphatic carbocycles. The normalized spacial score (nSPS) is 19.4. The Morgan fingerprint density at radius 2 is 2.19 bits per heavy atom. The minimum absolute atomic E-state index is 0.269. The van der Waals surface area contributed by atoms with Crippen LogP contribution in [0.15, 0.2) is 18.2 Å². The number of carbonyl (C=O) groups excluding carboxylic acids is 1. The number of nitrogens with two attached hydrogens (primary N) is 1. The second-order valence-corrected chi connectivity index (χ2v) is 4.72. The summed E-state index contributed by atoms with van der Waals surface area (Å²) in [4.78, 5) is 14.1. The molecule has 0 radical (unpaired) electrons. The quantitative estimate of drug-likeness (QED) is 0.729. The van der Waals surface area contributed by atoms with E-state index in [0.717, 1.165) is 43.6 Å². The first-order valence-corrected chi connectivity index (χ1v) is 5.96. The fourth-order valence-electron chi connectivity index (χ4n) is 2.45. The minimum atomic E-state index is 0.269. The number of amides is 1. The van der Waals surface area contributed by atoms with Gasteiger partial charge < -0.3 is 10.6 Å². The molecule has 1 aliphatic heterocycles. The van der Waals surface area contributed by atoms with E-state index < -0.39 is 0 Å². The molecule has 1 saturated carbocycles. The number of fused-ring (bicyclic) bond motifs is 1. The number of hydrogen-bond donors (Lipinski definition) is 1. The molecule has 3 nitrogen and oxygen atoms in total. The molecule has 16 heavy (non-hydrogen) atoms. The van der Waals surface area contributed by atoms with Gasteiger partial charge in [-0.1, -0.05) is 12.1 Å². The number of nitrogen functional groups attached to an aromatic ring is 1. The van der Waals surface area contributed by atoms with Crippen molar-refractivity contribution in [3.05, 3.63) is 23.8 Å². The lowest BCUT2D eigenvalue weighted by atomic mass is 10.00. The molecule has 2 N–H and O–H groups in total. The average molecular weight is 216 g/mol. The smallest absolute Gasteiger partial charge is 0.230 e. The van der Waals surface area contributed by atoms with E-state index in [1.165, 1.54) is 5.56 Å². The summed E-state index contributed by atoms with van der Waals surface area (Å²) < 4.78 is 0. The van der Waals surface area contributed by atoms with E-state index in [4.69, 9.17) is 5.73 Å². The van der Waals surface area contributed by atoms with Gasteiger partial charge in [0.15, 0.2) is 0 Å². The van der Waals surface area contributed by atoms with Crippen LogP contribution in [0.2, 0.25) is 0 Å². The number of benzene rings is 1. The molecule has 3 heteroatoms. The van der Waals surface area contributed by atoms with Crippen LogP contribution in [0.5, 0.6) is 0 Å². The third-order valence-corrected chi connectivity index (χ3v) is 3.44. The molecule has 1 aromatic rings. The van der Waals surface area contributed by atoms with E-state index in [2.05, 4.69) is 6.07 Å². The van der Waals surface area contributed by atoms with Crippen LogP contribution in [-0.2, 0) is 11.2 Å². The molecule has 1 aromatic carbocycles. The predicted octanol–water partition coefficient (Wildman–Crippen LogP) is 1.96. The Morgan fingerprint density at radius 3 is 2.94 bits per heavy atom. The molecule has 0 bridgehead atoms. The average Bonchev–Trinajstić information content (AvgIpc) is 3.12. The Labute approximate surface area is 95.2 Å². The molecule has 0 atom stereocenters. The van der Waals surface area contributed by atoms with Gasteiger partial charge in [0.25, 0.3) is 0 Å². The van der Waals surface area contributed by atoms with Gasteiger partial charge in [-0.3, -0.25) is 4.79 Å². The van der Waals surface area contributed by atoms with Gasteiger partial charge in [-0.05, 0) is 37.3 Å². The van der Waals surface area contributed by atoms with Gasteiger partial charge in [-0.25, -0.2) is 0 Å². The largest absolute Gasteiger partial charge is 0.397 e. The molecule has 1 heterocycles. The molecule has 1 amide bonds. The number of anilines is 2. The van der Waals surface area contributed by atoms with Crippen LogP contribution in [0, 0.1) is 5.92 Å². The van der Waals surface area contributed by atoms with E-state index in [0.29, 0.717) is 0 Å². The molecule has 0 unspecified atom stereocenters. The number of carbonyl (C=O) groups is 1. The Balaban J connectivity index is 2.01. The van der Waals surface area contributed by atoms with Gasteiger partial charge in [-0.2, -0.15) is 0 Å².